The first-order chi connectivity index (χ1) is 7.83. The Kier molecular flexibility index (Phi) is 3.97. The molecule has 0 aliphatic carbocycles. The van der Waals surface area contributed by atoms with Crippen molar-refractivity contribution >= 4 is 0 Å². The van der Waals surface area contributed by atoms with Crippen LogP contribution in [0.15, 0.2) is 30.3 Å². The summed E-state index contributed by atoms with van der Waals surface area (Å²) >= 11 is 0. The second kappa shape index (κ2) is 5.46. The molecule has 1 saturated heterocycles. The smallest absolute Gasteiger partial charge is 0.0475 e. The first-order valence-corrected chi connectivity index (χ1v) is 6.25. The molecule has 2 nitrogen and oxygen atoms in total. The molecule has 2 heteroatoms. The highest BCUT2D eigenvalue weighted by molar-refractivity contribution is 5.20. The molecule has 0 spiro atoms. The van der Waals surface area contributed by atoms with Crippen LogP contribution in [0.5, 0.6) is 0 Å². The molecule has 88 valence electrons. The van der Waals surface area contributed by atoms with Gasteiger partial charge in [-0.3, -0.25) is 0 Å². The Hall–Kier alpha value is -0.860. The van der Waals surface area contributed by atoms with Gasteiger partial charge in [-0.2, -0.15) is 0 Å². The first kappa shape index (κ1) is 11.6. The van der Waals surface area contributed by atoms with Crippen molar-refractivity contribution in [1.29, 1.82) is 0 Å². The fraction of sp³-hybridized carbons (Fsp3) is 0.571. The molecule has 0 bridgehead atoms. The minimum absolute atomic E-state index is 0.464. The zero-order chi connectivity index (χ0) is 11.4. The minimum Gasteiger partial charge on any atom is -0.312 e. The molecule has 1 aliphatic rings. The van der Waals surface area contributed by atoms with Crippen LogP contribution in [0.4, 0.5) is 0 Å². The summed E-state index contributed by atoms with van der Waals surface area (Å²) in [5, 5.41) is 3.48. The highest BCUT2D eigenvalue weighted by atomic mass is 15.2. The maximum absolute atomic E-state index is 3.48. The predicted molar refractivity (Wildman–Crippen MR) is 68.5 cm³/mol. The molecule has 0 amide bonds. The first-order valence-electron chi connectivity index (χ1n) is 6.25. The van der Waals surface area contributed by atoms with Crippen molar-refractivity contribution in [1.82, 2.24) is 10.2 Å². The topological polar surface area (TPSA) is 15.3 Å². The Morgan fingerprint density at radius 3 is 2.62 bits per heavy atom. The van der Waals surface area contributed by atoms with E-state index >= 15 is 0 Å². The van der Waals surface area contributed by atoms with Crippen LogP contribution < -0.4 is 5.32 Å². The Labute approximate surface area is 98.7 Å². The van der Waals surface area contributed by atoms with Crippen LogP contribution >= 0.6 is 0 Å². The van der Waals surface area contributed by atoms with Crippen molar-refractivity contribution in [3.8, 4) is 0 Å². The van der Waals surface area contributed by atoms with Crippen LogP contribution in [-0.2, 0) is 0 Å². The molecule has 2 unspecified atom stereocenters. The number of nitrogens with one attached hydrogen (secondary N) is 1. The summed E-state index contributed by atoms with van der Waals surface area (Å²) in [5.41, 5.74) is 1.41. The van der Waals surface area contributed by atoms with E-state index in [1.807, 2.05) is 0 Å². The van der Waals surface area contributed by atoms with Crippen LogP contribution in [0, 0.1) is 0 Å². The van der Waals surface area contributed by atoms with E-state index in [2.05, 4.69) is 54.6 Å². The lowest BCUT2D eigenvalue weighted by Crippen LogP contribution is -2.44. The number of likely N-dealkylation sites (tertiary alicyclic amines) is 1. The monoisotopic (exact) mass is 218 g/mol. The molecule has 1 aliphatic heterocycles. The zero-order valence-corrected chi connectivity index (χ0v) is 10.3. The van der Waals surface area contributed by atoms with E-state index in [0.29, 0.717) is 12.1 Å². The second-order valence-corrected chi connectivity index (χ2v) is 4.72. The number of nitrogens with zero attached hydrogens (tertiary/aromatic N) is 1. The SMILES string of the molecule is CNC(c1ccccc1)C1CCCCN1C. The molecule has 0 saturated carbocycles. The van der Waals surface area contributed by atoms with Crippen LogP contribution in [0.2, 0.25) is 0 Å². The average molecular weight is 218 g/mol. The van der Waals surface area contributed by atoms with Crippen molar-refractivity contribution in [2.45, 2.75) is 31.3 Å². The van der Waals surface area contributed by atoms with Gasteiger partial charge in [-0.1, -0.05) is 36.8 Å². The molecule has 1 fully saturated rings. The summed E-state index contributed by atoms with van der Waals surface area (Å²) in [6, 6.07) is 11.9. The molecule has 1 aromatic carbocycles. The number of hydrogen-bond acceptors (Lipinski definition) is 2. The number of piperidine rings is 1. The standard InChI is InChI=1S/C14H22N2/c1-15-14(12-8-4-3-5-9-12)13-10-6-7-11-16(13)2/h3-5,8-9,13-15H,6-7,10-11H2,1-2H3. The van der Waals surface area contributed by atoms with Crippen LogP contribution in [0.25, 0.3) is 0 Å². The molecule has 1 N–H and O–H groups in total. The summed E-state index contributed by atoms with van der Waals surface area (Å²) in [6.07, 6.45) is 4.01. The van der Waals surface area contributed by atoms with Gasteiger partial charge in [0.1, 0.15) is 0 Å². The molecular weight excluding hydrogens is 196 g/mol. The highest BCUT2D eigenvalue weighted by Gasteiger charge is 2.27. The van der Waals surface area contributed by atoms with E-state index in [1.165, 1.54) is 31.4 Å². The Morgan fingerprint density at radius 1 is 1.25 bits per heavy atom. The minimum atomic E-state index is 0.464. The summed E-state index contributed by atoms with van der Waals surface area (Å²) in [4.78, 5) is 2.50. The number of rotatable bonds is 3. The molecule has 1 aromatic rings. The quantitative estimate of drug-likeness (QED) is 0.838. The van der Waals surface area contributed by atoms with Gasteiger partial charge in [-0.25, -0.2) is 0 Å². The van der Waals surface area contributed by atoms with E-state index in [9.17, 15) is 0 Å². The van der Waals surface area contributed by atoms with Gasteiger partial charge in [0, 0.05) is 12.1 Å². The van der Waals surface area contributed by atoms with E-state index < -0.39 is 0 Å². The Balaban J connectivity index is 2.15. The van der Waals surface area contributed by atoms with Crippen molar-refractivity contribution < 1.29 is 0 Å². The van der Waals surface area contributed by atoms with Gasteiger partial charge in [0.2, 0.25) is 0 Å². The third kappa shape index (κ3) is 2.45. The summed E-state index contributed by atoms with van der Waals surface area (Å²) < 4.78 is 0. The lowest BCUT2D eigenvalue weighted by molar-refractivity contribution is 0.148. The number of benzene rings is 1. The molecule has 2 rings (SSSR count). The summed E-state index contributed by atoms with van der Waals surface area (Å²) in [5.74, 6) is 0. The lowest BCUT2D eigenvalue weighted by Gasteiger charge is -2.38. The van der Waals surface area contributed by atoms with E-state index in [-0.39, 0.29) is 0 Å². The largest absolute Gasteiger partial charge is 0.312 e. The van der Waals surface area contributed by atoms with Gasteiger partial charge in [0.15, 0.2) is 0 Å². The second-order valence-electron chi connectivity index (χ2n) is 4.72. The predicted octanol–water partition coefficient (Wildman–Crippen LogP) is 2.43. The fourth-order valence-electron chi connectivity index (χ4n) is 2.76. The van der Waals surface area contributed by atoms with Crippen LogP contribution in [-0.4, -0.2) is 31.6 Å². The van der Waals surface area contributed by atoms with Crippen molar-refractivity contribution in [2.75, 3.05) is 20.6 Å². The van der Waals surface area contributed by atoms with Gasteiger partial charge in [-0.05, 0) is 39.0 Å². The van der Waals surface area contributed by atoms with Gasteiger partial charge in [-0.15, -0.1) is 0 Å². The fourth-order valence-corrected chi connectivity index (χ4v) is 2.76. The number of hydrogen-bond donors (Lipinski definition) is 1. The van der Waals surface area contributed by atoms with Crippen molar-refractivity contribution in [2.24, 2.45) is 0 Å². The Morgan fingerprint density at radius 2 is 2.00 bits per heavy atom. The van der Waals surface area contributed by atoms with Crippen LogP contribution in [0.3, 0.4) is 0 Å². The van der Waals surface area contributed by atoms with Crippen LogP contribution in [0.1, 0.15) is 30.9 Å². The molecular formula is C14H22N2. The van der Waals surface area contributed by atoms with Gasteiger partial charge < -0.3 is 10.2 Å². The normalized spacial score (nSPS) is 24.2. The number of likely N-dealkylation sites (N-methyl/N-ethyl adjacent to an activating group) is 2. The Bertz CT molecular complexity index is 310. The van der Waals surface area contributed by atoms with Gasteiger partial charge >= 0.3 is 0 Å². The average Bonchev–Trinajstić information content (AvgIpc) is 2.34. The van der Waals surface area contributed by atoms with E-state index in [0.717, 1.165) is 0 Å². The third-order valence-corrected chi connectivity index (χ3v) is 3.68. The van der Waals surface area contributed by atoms with Crippen molar-refractivity contribution in [3.05, 3.63) is 35.9 Å². The van der Waals surface area contributed by atoms with Gasteiger partial charge in [0.25, 0.3) is 0 Å². The maximum atomic E-state index is 3.48. The molecule has 2 atom stereocenters. The molecule has 0 radical (unpaired) electrons. The van der Waals surface area contributed by atoms with E-state index in [1.54, 1.807) is 0 Å². The zero-order valence-electron chi connectivity index (χ0n) is 10.3. The molecule has 0 aromatic heterocycles. The lowest BCUT2D eigenvalue weighted by atomic mass is 9.91. The molecule has 16 heavy (non-hydrogen) atoms. The summed E-state index contributed by atoms with van der Waals surface area (Å²) in [6.45, 7) is 1.23. The maximum Gasteiger partial charge on any atom is 0.0475 e. The molecule has 1 heterocycles. The summed E-state index contributed by atoms with van der Waals surface area (Å²) in [7, 11) is 4.32. The van der Waals surface area contributed by atoms with Crippen molar-refractivity contribution in [3.63, 3.8) is 0 Å². The van der Waals surface area contributed by atoms with Gasteiger partial charge in [0.05, 0.1) is 0 Å². The van der Waals surface area contributed by atoms with E-state index in [4.69, 9.17) is 0 Å². The third-order valence-electron chi connectivity index (χ3n) is 3.68. The highest BCUT2D eigenvalue weighted by Crippen LogP contribution is 2.27.